The third-order valence-corrected chi connectivity index (χ3v) is 5.91. The Morgan fingerprint density at radius 1 is 1.00 bits per heavy atom. The molecule has 0 spiro atoms. The van der Waals surface area contributed by atoms with E-state index in [1.807, 2.05) is 18.2 Å². The molecule has 2 aliphatic rings. The van der Waals surface area contributed by atoms with Crippen molar-refractivity contribution in [1.29, 1.82) is 0 Å². The molecule has 0 amide bonds. The first-order valence-electron chi connectivity index (χ1n) is 9.75. The topological polar surface area (TPSA) is 29.5 Å². The molecule has 3 heteroatoms. The first-order chi connectivity index (χ1) is 12.8. The predicted octanol–water partition coefficient (Wildman–Crippen LogP) is 4.11. The van der Waals surface area contributed by atoms with Crippen molar-refractivity contribution in [2.45, 2.75) is 44.8 Å². The summed E-state index contributed by atoms with van der Waals surface area (Å²) in [5, 5.41) is 0. The van der Waals surface area contributed by atoms with Crippen LogP contribution in [0.15, 0.2) is 54.6 Å². The van der Waals surface area contributed by atoms with Gasteiger partial charge in [-0.3, -0.25) is 9.69 Å². The quantitative estimate of drug-likeness (QED) is 0.761. The van der Waals surface area contributed by atoms with Crippen LogP contribution in [0.3, 0.4) is 0 Å². The number of ether oxygens (including phenoxy) is 1. The molecule has 0 aliphatic carbocycles. The van der Waals surface area contributed by atoms with Crippen molar-refractivity contribution in [3.8, 4) is 0 Å². The van der Waals surface area contributed by atoms with E-state index in [9.17, 15) is 4.79 Å². The second-order valence-corrected chi connectivity index (χ2v) is 7.55. The maximum atomic E-state index is 13.2. The lowest BCUT2D eigenvalue weighted by Crippen LogP contribution is -2.57. The number of carbonyl (C=O) groups excluding carboxylic acids is 1. The van der Waals surface area contributed by atoms with Gasteiger partial charge in [-0.25, -0.2) is 0 Å². The van der Waals surface area contributed by atoms with E-state index in [4.69, 9.17) is 4.74 Å². The molecule has 2 aliphatic heterocycles. The van der Waals surface area contributed by atoms with Gasteiger partial charge in [0.2, 0.25) is 0 Å². The molecule has 0 saturated carbocycles. The minimum Gasteiger partial charge on any atom is -0.378 e. The SMILES string of the molecule is CCc1ccccc1C(=O)C1CC2COCC(C1)N2Cc1ccccc1. The van der Waals surface area contributed by atoms with Crippen molar-refractivity contribution >= 4 is 5.78 Å². The number of hydrogen-bond donors (Lipinski definition) is 0. The molecule has 2 aromatic rings. The van der Waals surface area contributed by atoms with E-state index in [1.165, 1.54) is 11.1 Å². The van der Waals surface area contributed by atoms with Crippen LogP contribution in [-0.4, -0.2) is 36.0 Å². The lowest BCUT2D eigenvalue weighted by Gasteiger charge is -2.48. The molecular weight excluding hydrogens is 322 g/mol. The second-order valence-electron chi connectivity index (χ2n) is 7.55. The van der Waals surface area contributed by atoms with Crippen LogP contribution in [0.2, 0.25) is 0 Å². The van der Waals surface area contributed by atoms with Crippen LogP contribution < -0.4 is 0 Å². The van der Waals surface area contributed by atoms with Crippen molar-refractivity contribution in [3.63, 3.8) is 0 Å². The van der Waals surface area contributed by atoms with E-state index >= 15 is 0 Å². The van der Waals surface area contributed by atoms with Gasteiger partial charge in [-0.2, -0.15) is 0 Å². The highest BCUT2D eigenvalue weighted by Crippen LogP contribution is 2.35. The predicted molar refractivity (Wildman–Crippen MR) is 103 cm³/mol. The van der Waals surface area contributed by atoms with E-state index in [1.54, 1.807) is 0 Å². The Balaban J connectivity index is 1.51. The lowest BCUT2D eigenvalue weighted by atomic mass is 9.79. The third-order valence-electron chi connectivity index (χ3n) is 5.91. The van der Waals surface area contributed by atoms with Crippen LogP contribution in [0.5, 0.6) is 0 Å². The Morgan fingerprint density at radius 3 is 2.35 bits per heavy atom. The Kier molecular flexibility index (Phi) is 5.18. The number of carbonyl (C=O) groups is 1. The standard InChI is InChI=1S/C23H27NO2/c1-2-18-10-6-7-11-22(18)23(25)19-12-20-15-26-16-21(13-19)24(20)14-17-8-4-3-5-9-17/h3-11,19-21H,2,12-16H2,1H3. The number of rotatable bonds is 5. The molecule has 2 unspecified atom stereocenters. The van der Waals surface area contributed by atoms with Gasteiger partial charge >= 0.3 is 0 Å². The maximum Gasteiger partial charge on any atom is 0.166 e. The first kappa shape index (κ1) is 17.4. The van der Waals surface area contributed by atoms with Crippen LogP contribution in [0.1, 0.15) is 41.3 Å². The van der Waals surface area contributed by atoms with E-state index in [0.717, 1.165) is 44.6 Å². The zero-order chi connectivity index (χ0) is 17.9. The highest BCUT2D eigenvalue weighted by atomic mass is 16.5. The van der Waals surface area contributed by atoms with Gasteiger partial charge in [-0.15, -0.1) is 0 Å². The van der Waals surface area contributed by atoms with Crippen LogP contribution in [0.25, 0.3) is 0 Å². The highest BCUT2D eigenvalue weighted by molar-refractivity contribution is 5.99. The molecule has 2 fully saturated rings. The Bertz CT molecular complexity index is 744. The number of Topliss-reactive ketones (excluding diaryl/α,β-unsaturated/α-hetero) is 1. The van der Waals surface area contributed by atoms with Crippen molar-refractivity contribution in [3.05, 3.63) is 71.3 Å². The van der Waals surface area contributed by atoms with E-state index in [2.05, 4.69) is 48.2 Å². The lowest BCUT2D eigenvalue weighted by molar-refractivity contribution is -0.0872. The maximum absolute atomic E-state index is 13.2. The molecule has 2 atom stereocenters. The summed E-state index contributed by atoms with van der Waals surface area (Å²) in [6.45, 7) is 4.55. The monoisotopic (exact) mass is 349 g/mol. The van der Waals surface area contributed by atoms with Gasteiger partial charge in [0.15, 0.2) is 5.78 Å². The number of piperidine rings is 1. The van der Waals surface area contributed by atoms with E-state index < -0.39 is 0 Å². The smallest absolute Gasteiger partial charge is 0.166 e. The van der Waals surface area contributed by atoms with Crippen LogP contribution in [-0.2, 0) is 17.7 Å². The molecule has 0 aromatic heterocycles. The Labute approximate surface area is 156 Å². The molecular formula is C23H27NO2. The number of aryl methyl sites for hydroxylation is 1. The summed E-state index contributed by atoms with van der Waals surface area (Å²) in [6, 6.07) is 19.4. The average molecular weight is 349 g/mol. The summed E-state index contributed by atoms with van der Waals surface area (Å²) < 4.78 is 5.83. The molecule has 0 radical (unpaired) electrons. The number of nitrogens with zero attached hydrogens (tertiary/aromatic N) is 1. The summed E-state index contributed by atoms with van der Waals surface area (Å²) in [5.74, 6) is 0.451. The fourth-order valence-electron chi connectivity index (χ4n) is 4.55. The van der Waals surface area contributed by atoms with Gasteiger partial charge in [0.25, 0.3) is 0 Å². The molecule has 26 heavy (non-hydrogen) atoms. The average Bonchev–Trinajstić information content (AvgIpc) is 2.68. The minimum absolute atomic E-state index is 0.119. The second kappa shape index (κ2) is 7.73. The van der Waals surface area contributed by atoms with E-state index in [0.29, 0.717) is 17.9 Å². The number of benzene rings is 2. The summed E-state index contributed by atoms with van der Waals surface area (Å²) in [4.78, 5) is 15.8. The molecule has 2 bridgehead atoms. The molecule has 2 aromatic carbocycles. The van der Waals surface area contributed by atoms with E-state index in [-0.39, 0.29) is 5.92 Å². The minimum atomic E-state index is 0.119. The third kappa shape index (κ3) is 3.46. The van der Waals surface area contributed by atoms with Crippen LogP contribution in [0.4, 0.5) is 0 Å². The normalized spacial score (nSPS) is 25.8. The van der Waals surface area contributed by atoms with Crippen molar-refractivity contribution in [2.75, 3.05) is 13.2 Å². The number of morpholine rings is 1. The molecule has 2 saturated heterocycles. The number of ketones is 1. The fourth-order valence-corrected chi connectivity index (χ4v) is 4.55. The van der Waals surface area contributed by atoms with Crippen molar-refractivity contribution in [2.24, 2.45) is 5.92 Å². The molecule has 2 heterocycles. The zero-order valence-electron chi connectivity index (χ0n) is 15.4. The van der Waals surface area contributed by atoms with Gasteiger partial charge in [-0.1, -0.05) is 61.5 Å². The Hall–Kier alpha value is -1.97. The van der Waals surface area contributed by atoms with Crippen LogP contribution in [0, 0.1) is 5.92 Å². The highest BCUT2D eigenvalue weighted by Gasteiger charge is 2.41. The fraction of sp³-hybridized carbons (Fsp3) is 0.435. The summed E-state index contributed by atoms with van der Waals surface area (Å²) in [7, 11) is 0. The zero-order valence-corrected chi connectivity index (χ0v) is 15.4. The van der Waals surface area contributed by atoms with Crippen molar-refractivity contribution in [1.82, 2.24) is 4.90 Å². The summed E-state index contributed by atoms with van der Waals surface area (Å²) in [6.07, 6.45) is 2.71. The van der Waals surface area contributed by atoms with Crippen molar-refractivity contribution < 1.29 is 9.53 Å². The van der Waals surface area contributed by atoms with Gasteiger partial charge in [0.05, 0.1) is 13.2 Å². The first-order valence-corrected chi connectivity index (χ1v) is 9.75. The number of fused-ring (bicyclic) bond motifs is 2. The van der Waals surface area contributed by atoms with Gasteiger partial charge in [-0.05, 0) is 30.4 Å². The van der Waals surface area contributed by atoms with Gasteiger partial charge < -0.3 is 4.74 Å². The number of hydrogen-bond acceptors (Lipinski definition) is 3. The molecule has 0 N–H and O–H groups in total. The largest absolute Gasteiger partial charge is 0.378 e. The molecule has 136 valence electrons. The van der Waals surface area contributed by atoms with Gasteiger partial charge in [0, 0.05) is 30.1 Å². The molecule has 4 rings (SSSR count). The summed E-state index contributed by atoms with van der Waals surface area (Å²) in [5.41, 5.74) is 3.44. The van der Waals surface area contributed by atoms with Gasteiger partial charge in [0.1, 0.15) is 0 Å². The summed E-state index contributed by atoms with van der Waals surface area (Å²) >= 11 is 0. The van der Waals surface area contributed by atoms with Crippen LogP contribution >= 0.6 is 0 Å². The Morgan fingerprint density at radius 2 is 1.65 bits per heavy atom. The molecule has 3 nitrogen and oxygen atoms in total.